The van der Waals surface area contributed by atoms with Crippen LogP contribution >= 0.6 is 0 Å². The summed E-state index contributed by atoms with van der Waals surface area (Å²) in [4.78, 5) is 23.6. The number of likely N-dealkylation sites (N-methyl/N-ethyl adjacent to an activating group) is 1. The van der Waals surface area contributed by atoms with Crippen LogP contribution in [0.15, 0.2) is 42.7 Å². The number of benzene rings is 2. The standard InChI is InChI=1S/C22H18F3N7O/c1-30-17(14-7-11(23)3-6-15(14)24)9-32(22(30)33)12-4-5-13(16(25)8-12)19-18-20(26)27-10-28-21(18)31(2)29-19/h3-8,10,17H,9H2,1-2H3,(H2,26,27,28). The Balaban J connectivity index is 1.52. The van der Waals surface area contributed by atoms with Gasteiger partial charge in [-0.15, -0.1) is 0 Å². The average Bonchev–Trinajstić information content (AvgIpc) is 3.27. The van der Waals surface area contributed by atoms with Gasteiger partial charge in [-0.2, -0.15) is 5.10 Å². The molecule has 2 amide bonds. The maximum absolute atomic E-state index is 15.2. The molecule has 11 heteroatoms. The highest BCUT2D eigenvalue weighted by molar-refractivity contribution is 5.99. The molecule has 2 aromatic heterocycles. The number of rotatable bonds is 3. The second-order valence-corrected chi connectivity index (χ2v) is 7.78. The molecule has 1 atom stereocenters. The van der Waals surface area contributed by atoms with Gasteiger partial charge >= 0.3 is 6.03 Å². The molecule has 5 rings (SSSR count). The molecule has 2 N–H and O–H groups in total. The molecule has 1 unspecified atom stereocenters. The lowest BCUT2D eigenvalue weighted by molar-refractivity contribution is 0.218. The molecule has 4 aromatic rings. The van der Waals surface area contributed by atoms with Crippen molar-refractivity contribution in [3.63, 3.8) is 0 Å². The summed E-state index contributed by atoms with van der Waals surface area (Å²) in [5.41, 5.74) is 7.20. The first kappa shape index (κ1) is 20.7. The van der Waals surface area contributed by atoms with Gasteiger partial charge in [0.25, 0.3) is 0 Å². The summed E-state index contributed by atoms with van der Waals surface area (Å²) in [6, 6.07) is 6.16. The molecule has 1 aliphatic rings. The van der Waals surface area contributed by atoms with Gasteiger partial charge in [-0.25, -0.2) is 32.6 Å². The molecule has 0 bridgehead atoms. The number of carbonyl (C=O) groups excluding carboxylic acids is 1. The van der Waals surface area contributed by atoms with Crippen LogP contribution in [-0.2, 0) is 7.05 Å². The number of hydrogen-bond acceptors (Lipinski definition) is 5. The Labute approximate surface area is 186 Å². The summed E-state index contributed by atoms with van der Waals surface area (Å²) >= 11 is 0. The van der Waals surface area contributed by atoms with Crippen LogP contribution in [0.2, 0.25) is 0 Å². The zero-order valence-electron chi connectivity index (χ0n) is 17.6. The van der Waals surface area contributed by atoms with Gasteiger partial charge in [-0.3, -0.25) is 4.90 Å². The number of nitrogens with two attached hydrogens (primary N) is 1. The molecule has 33 heavy (non-hydrogen) atoms. The number of hydrogen-bond donors (Lipinski definition) is 1. The summed E-state index contributed by atoms with van der Waals surface area (Å²) in [5, 5.41) is 4.76. The third kappa shape index (κ3) is 3.23. The van der Waals surface area contributed by atoms with Crippen molar-refractivity contribution in [2.24, 2.45) is 7.05 Å². The number of fused-ring (bicyclic) bond motifs is 1. The van der Waals surface area contributed by atoms with E-state index in [9.17, 15) is 13.6 Å². The van der Waals surface area contributed by atoms with Crippen LogP contribution in [0.3, 0.4) is 0 Å². The topological polar surface area (TPSA) is 93.2 Å². The van der Waals surface area contributed by atoms with E-state index in [4.69, 9.17) is 5.73 Å². The molecule has 1 saturated heterocycles. The number of anilines is 2. The molecule has 0 saturated carbocycles. The first-order valence-corrected chi connectivity index (χ1v) is 9.98. The van der Waals surface area contributed by atoms with Crippen molar-refractivity contribution in [1.82, 2.24) is 24.6 Å². The van der Waals surface area contributed by atoms with Crippen LogP contribution in [0, 0.1) is 17.5 Å². The highest BCUT2D eigenvalue weighted by Crippen LogP contribution is 2.36. The highest BCUT2D eigenvalue weighted by atomic mass is 19.1. The van der Waals surface area contributed by atoms with Crippen LogP contribution in [0.5, 0.6) is 0 Å². The first-order valence-electron chi connectivity index (χ1n) is 9.98. The number of nitrogen functional groups attached to an aromatic ring is 1. The second kappa shape index (κ2) is 7.47. The second-order valence-electron chi connectivity index (χ2n) is 7.78. The fourth-order valence-electron chi connectivity index (χ4n) is 4.15. The largest absolute Gasteiger partial charge is 0.383 e. The molecule has 0 spiro atoms. The van der Waals surface area contributed by atoms with Crippen molar-refractivity contribution in [2.75, 3.05) is 24.2 Å². The van der Waals surface area contributed by atoms with E-state index in [1.807, 2.05) is 0 Å². The number of halogens is 3. The van der Waals surface area contributed by atoms with Gasteiger partial charge < -0.3 is 10.6 Å². The third-order valence-electron chi connectivity index (χ3n) is 5.84. The van der Waals surface area contributed by atoms with Crippen LogP contribution in [0.4, 0.5) is 29.5 Å². The Morgan fingerprint density at radius 2 is 1.82 bits per heavy atom. The predicted octanol–water partition coefficient (Wildman–Crippen LogP) is 3.64. The predicted molar refractivity (Wildman–Crippen MR) is 116 cm³/mol. The fraction of sp³-hybridized carbons (Fsp3) is 0.182. The van der Waals surface area contributed by atoms with Crippen molar-refractivity contribution in [3.05, 3.63) is 65.7 Å². The van der Waals surface area contributed by atoms with Crippen molar-refractivity contribution in [1.29, 1.82) is 0 Å². The normalized spacial score (nSPS) is 16.3. The van der Waals surface area contributed by atoms with Crippen molar-refractivity contribution in [2.45, 2.75) is 6.04 Å². The number of amides is 2. The molecular weight excluding hydrogens is 435 g/mol. The Morgan fingerprint density at radius 1 is 1.03 bits per heavy atom. The van der Waals surface area contributed by atoms with Crippen LogP contribution < -0.4 is 10.6 Å². The van der Waals surface area contributed by atoms with E-state index in [-0.39, 0.29) is 34.9 Å². The molecule has 0 aliphatic carbocycles. The van der Waals surface area contributed by atoms with E-state index in [1.54, 1.807) is 13.1 Å². The van der Waals surface area contributed by atoms with E-state index in [1.165, 1.54) is 40.0 Å². The Bertz CT molecular complexity index is 1420. The fourth-order valence-corrected chi connectivity index (χ4v) is 4.15. The maximum Gasteiger partial charge on any atom is 0.324 e. The van der Waals surface area contributed by atoms with Gasteiger partial charge in [0.2, 0.25) is 0 Å². The molecule has 8 nitrogen and oxygen atoms in total. The van der Waals surface area contributed by atoms with Gasteiger partial charge in [0.05, 0.1) is 18.0 Å². The lowest BCUT2D eigenvalue weighted by Crippen LogP contribution is -2.29. The smallest absolute Gasteiger partial charge is 0.324 e. The summed E-state index contributed by atoms with van der Waals surface area (Å²) in [7, 11) is 3.15. The SMILES string of the molecule is CN1C(=O)N(c2ccc(-c3nn(C)c4ncnc(N)c34)c(F)c2)CC1c1cc(F)ccc1F. The average molecular weight is 453 g/mol. The summed E-state index contributed by atoms with van der Waals surface area (Å²) in [6.07, 6.45) is 1.30. The van der Waals surface area contributed by atoms with Crippen LogP contribution in [0.1, 0.15) is 11.6 Å². The molecule has 0 radical (unpaired) electrons. The number of nitrogens with zero attached hydrogens (tertiary/aromatic N) is 6. The van der Waals surface area contributed by atoms with Gasteiger partial charge in [-0.05, 0) is 36.4 Å². The van der Waals surface area contributed by atoms with Gasteiger partial charge in [0.15, 0.2) is 5.65 Å². The Hall–Kier alpha value is -4.15. The zero-order valence-corrected chi connectivity index (χ0v) is 17.6. The number of carbonyl (C=O) groups is 1. The van der Waals surface area contributed by atoms with Gasteiger partial charge in [0.1, 0.15) is 35.3 Å². The molecule has 1 fully saturated rings. The van der Waals surface area contributed by atoms with Crippen molar-refractivity contribution < 1.29 is 18.0 Å². The summed E-state index contributed by atoms with van der Waals surface area (Å²) in [6.45, 7) is 0.0296. The quantitative estimate of drug-likeness (QED) is 0.511. The number of aromatic nitrogens is 4. The van der Waals surface area contributed by atoms with Crippen LogP contribution in [-0.4, -0.2) is 44.3 Å². The monoisotopic (exact) mass is 453 g/mol. The van der Waals surface area contributed by atoms with Gasteiger partial charge in [0, 0.05) is 30.9 Å². The van der Waals surface area contributed by atoms with Gasteiger partial charge in [-0.1, -0.05) is 0 Å². The summed E-state index contributed by atoms with van der Waals surface area (Å²) in [5.74, 6) is -1.69. The highest BCUT2D eigenvalue weighted by Gasteiger charge is 2.38. The molecule has 168 valence electrons. The van der Waals surface area contributed by atoms with E-state index < -0.39 is 29.5 Å². The lowest BCUT2D eigenvalue weighted by atomic mass is 10.1. The molecular formula is C22H18F3N7O. The number of urea groups is 1. The minimum absolute atomic E-state index is 0.0296. The first-order chi connectivity index (χ1) is 15.8. The Morgan fingerprint density at radius 3 is 2.58 bits per heavy atom. The van der Waals surface area contributed by atoms with E-state index >= 15 is 4.39 Å². The van der Waals surface area contributed by atoms with Crippen LogP contribution in [0.25, 0.3) is 22.3 Å². The third-order valence-corrected chi connectivity index (χ3v) is 5.84. The molecule has 2 aromatic carbocycles. The minimum Gasteiger partial charge on any atom is -0.383 e. The van der Waals surface area contributed by atoms with Crippen molar-refractivity contribution in [3.8, 4) is 11.3 Å². The van der Waals surface area contributed by atoms with E-state index in [2.05, 4.69) is 15.1 Å². The minimum atomic E-state index is -0.729. The molecule has 1 aliphatic heterocycles. The Kier molecular flexibility index (Phi) is 4.69. The summed E-state index contributed by atoms with van der Waals surface area (Å²) < 4.78 is 44.7. The maximum atomic E-state index is 15.2. The lowest BCUT2D eigenvalue weighted by Gasteiger charge is -2.18. The van der Waals surface area contributed by atoms with Crippen molar-refractivity contribution >= 4 is 28.6 Å². The number of aryl methyl sites for hydroxylation is 1. The van der Waals surface area contributed by atoms with E-state index in [0.29, 0.717) is 11.0 Å². The molecule has 3 heterocycles. The van der Waals surface area contributed by atoms with E-state index in [0.717, 1.165) is 18.2 Å². The zero-order chi connectivity index (χ0) is 23.4.